The van der Waals surface area contributed by atoms with Crippen LogP contribution in [0.5, 0.6) is 0 Å². The summed E-state index contributed by atoms with van der Waals surface area (Å²) in [6.07, 6.45) is 0. The maximum Gasteiger partial charge on any atom is 0.183 e. The Kier molecular flexibility index (Phi) is 3.68. The molecule has 0 amide bonds. The summed E-state index contributed by atoms with van der Waals surface area (Å²) in [5.41, 5.74) is 2.43. The summed E-state index contributed by atoms with van der Waals surface area (Å²) in [6.45, 7) is 4.03. The van der Waals surface area contributed by atoms with Gasteiger partial charge in [-0.3, -0.25) is 4.79 Å². The normalized spacial score (nSPS) is 16.9. The molecule has 1 atom stereocenters. The number of halogens is 1. The summed E-state index contributed by atoms with van der Waals surface area (Å²) in [4.78, 5) is 13.4. The highest BCUT2D eigenvalue weighted by Crippen LogP contribution is 2.39. The number of anilines is 1. The molecule has 2 nitrogen and oxygen atoms in total. The van der Waals surface area contributed by atoms with Crippen LogP contribution in [0.25, 0.3) is 0 Å². The lowest BCUT2D eigenvalue weighted by atomic mass is 10.1. The fourth-order valence-electron chi connectivity index (χ4n) is 2.14. The molecule has 1 aliphatic heterocycles. The Hall–Kier alpha value is -1.52. The first-order chi connectivity index (χ1) is 9.65. The number of rotatable bonds is 3. The second-order valence-electron chi connectivity index (χ2n) is 4.52. The van der Waals surface area contributed by atoms with Crippen molar-refractivity contribution >= 4 is 39.2 Å². The third kappa shape index (κ3) is 2.53. The van der Waals surface area contributed by atoms with Gasteiger partial charge >= 0.3 is 0 Å². The minimum absolute atomic E-state index is 0.123. The second kappa shape index (κ2) is 5.46. The van der Waals surface area contributed by atoms with E-state index in [1.54, 1.807) is 11.8 Å². The molecule has 20 heavy (non-hydrogen) atoms. The molecule has 1 unspecified atom stereocenters. The number of hydrogen-bond donors (Lipinski definition) is 1. The number of benzene rings is 2. The molecule has 0 fully saturated rings. The number of fused-ring (bicyclic) bond motifs is 1. The van der Waals surface area contributed by atoms with Gasteiger partial charge in [0.25, 0.3) is 0 Å². The van der Waals surface area contributed by atoms with Gasteiger partial charge in [-0.05, 0) is 24.3 Å². The van der Waals surface area contributed by atoms with Crippen LogP contribution >= 0.6 is 27.7 Å². The highest BCUT2D eigenvalue weighted by molar-refractivity contribution is 9.10. The zero-order valence-electron chi connectivity index (χ0n) is 10.6. The van der Waals surface area contributed by atoms with Crippen molar-refractivity contribution in [3.63, 3.8) is 0 Å². The van der Waals surface area contributed by atoms with E-state index in [2.05, 4.69) is 27.8 Å². The summed E-state index contributed by atoms with van der Waals surface area (Å²) >= 11 is 4.98. The Morgan fingerprint density at radius 2 is 2.00 bits per heavy atom. The average molecular weight is 346 g/mol. The summed E-state index contributed by atoms with van der Waals surface area (Å²) in [6, 6.07) is 15.5. The summed E-state index contributed by atoms with van der Waals surface area (Å²) in [5.74, 6) is 0.123. The fraction of sp³-hybridized carbons (Fsp3) is 0.0625. The van der Waals surface area contributed by atoms with E-state index in [-0.39, 0.29) is 11.0 Å². The zero-order chi connectivity index (χ0) is 14.1. The van der Waals surface area contributed by atoms with Gasteiger partial charge in [0.05, 0.1) is 0 Å². The summed E-state index contributed by atoms with van der Waals surface area (Å²) in [5, 5.41) is 2.97. The van der Waals surface area contributed by atoms with E-state index in [0.717, 1.165) is 20.6 Å². The Balaban J connectivity index is 1.78. The molecule has 0 radical (unpaired) electrons. The molecule has 0 bridgehead atoms. The molecular weight excluding hydrogens is 334 g/mol. The summed E-state index contributed by atoms with van der Waals surface area (Å²) < 4.78 is 0.990. The van der Waals surface area contributed by atoms with Crippen LogP contribution < -0.4 is 5.32 Å². The van der Waals surface area contributed by atoms with Gasteiger partial charge in [-0.15, -0.1) is 11.8 Å². The van der Waals surface area contributed by atoms with Crippen molar-refractivity contribution in [2.75, 3.05) is 5.32 Å². The van der Waals surface area contributed by atoms with Crippen molar-refractivity contribution in [3.05, 3.63) is 70.8 Å². The Bertz CT molecular complexity index is 698. The van der Waals surface area contributed by atoms with Gasteiger partial charge in [-0.1, -0.05) is 46.8 Å². The molecule has 2 aromatic rings. The molecule has 0 saturated carbocycles. The van der Waals surface area contributed by atoms with Crippen molar-refractivity contribution in [2.45, 2.75) is 10.1 Å². The molecule has 1 N–H and O–H groups in total. The lowest BCUT2D eigenvalue weighted by Gasteiger charge is -2.14. The van der Waals surface area contributed by atoms with Crippen LogP contribution in [-0.2, 0) is 0 Å². The van der Waals surface area contributed by atoms with Crippen molar-refractivity contribution in [3.8, 4) is 0 Å². The maximum absolute atomic E-state index is 12.4. The maximum atomic E-state index is 12.4. The molecule has 1 aliphatic rings. The van der Waals surface area contributed by atoms with Crippen molar-refractivity contribution < 1.29 is 4.79 Å². The lowest BCUT2D eigenvalue weighted by Crippen LogP contribution is -2.19. The minimum atomic E-state index is -0.258. The molecule has 0 aromatic heterocycles. The number of hydrogen-bond acceptors (Lipinski definition) is 3. The molecule has 1 heterocycles. The Morgan fingerprint density at radius 1 is 1.20 bits per heavy atom. The van der Waals surface area contributed by atoms with Gasteiger partial charge in [0.1, 0.15) is 5.25 Å². The highest BCUT2D eigenvalue weighted by atomic mass is 79.9. The van der Waals surface area contributed by atoms with E-state index in [1.165, 1.54) is 0 Å². The van der Waals surface area contributed by atoms with Crippen LogP contribution in [0.4, 0.5) is 5.69 Å². The van der Waals surface area contributed by atoms with Gasteiger partial charge in [0, 0.05) is 26.3 Å². The average Bonchev–Trinajstić information content (AvgIpc) is 2.77. The first-order valence-corrected chi connectivity index (χ1v) is 7.84. The van der Waals surface area contributed by atoms with Crippen molar-refractivity contribution in [1.29, 1.82) is 0 Å². The Morgan fingerprint density at radius 3 is 2.75 bits per heavy atom. The quantitative estimate of drug-likeness (QED) is 0.871. The first-order valence-electron chi connectivity index (χ1n) is 6.16. The van der Waals surface area contributed by atoms with Crippen LogP contribution in [0.3, 0.4) is 0 Å². The van der Waals surface area contributed by atoms with Crippen molar-refractivity contribution in [2.24, 2.45) is 0 Å². The highest BCUT2D eigenvalue weighted by Gasteiger charge is 2.33. The van der Waals surface area contributed by atoms with E-state index in [9.17, 15) is 4.79 Å². The van der Waals surface area contributed by atoms with Crippen LogP contribution in [0.1, 0.15) is 10.4 Å². The number of carbonyl (C=O) groups excluding carboxylic acids is 1. The Labute approximate surface area is 130 Å². The topological polar surface area (TPSA) is 29.1 Å². The predicted molar refractivity (Wildman–Crippen MR) is 87.3 cm³/mol. The van der Waals surface area contributed by atoms with Gasteiger partial charge < -0.3 is 5.32 Å². The monoisotopic (exact) mass is 345 g/mol. The predicted octanol–water partition coefficient (Wildman–Crippen LogP) is 4.73. The van der Waals surface area contributed by atoms with Crippen molar-refractivity contribution in [1.82, 2.24) is 0 Å². The smallest absolute Gasteiger partial charge is 0.183 e. The number of Topliss-reactive ketones (excluding diaryl/α,β-unsaturated/α-hetero) is 1. The van der Waals surface area contributed by atoms with Crippen LogP contribution in [-0.4, -0.2) is 11.0 Å². The molecule has 100 valence electrons. The van der Waals surface area contributed by atoms with E-state index in [0.29, 0.717) is 5.70 Å². The molecule has 2 aromatic carbocycles. The molecule has 4 heteroatoms. The standard InChI is InChI=1S/C16H12BrNOS/c1-10(18-12-6-4-5-11(17)9-12)16-15(19)13-7-2-3-8-14(13)20-16/h2-9,16,18H,1H2. The zero-order valence-corrected chi connectivity index (χ0v) is 13.0. The van der Waals surface area contributed by atoms with E-state index in [4.69, 9.17) is 0 Å². The van der Waals surface area contributed by atoms with Crippen LogP contribution in [0, 0.1) is 0 Å². The first kappa shape index (κ1) is 13.5. The number of carbonyl (C=O) groups is 1. The van der Waals surface area contributed by atoms with E-state index in [1.807, 2.05) is 48.5 Å². The third-order valence-corrected chi connectivity index (χ3v) is 4.92. The number of nitrogens with one attached hydrogen (secondary N) is 1. The van der Waals surface area contributed by atoms with Gasteiger partial charge in [-0.25, -0.2) is 0 Å². The van der Waals surface area contributed by atoms with Crippen LogP contribution in [0.15, 0.2) is 70.2 Å². The second-order valence-corrected chi connectivity index (χ2v) is 6.58. The molecular formula is C16H12BrNOS. The van der Waals surface area contributed by atoms with Crippen LogP contribution in [0.2, 0.25) is 0 Å². The third-order valence-electron chi connectivity index (χ3n) is 3.08. The molecule has 0 aliphatic carbocycles. The lowest BCUT2D eigenvalue weighted by molar-refractivity contribution is 0.100. The fourth-order valence-corrected chi connectivity index (χ4v) is 3.68. The summed E-state index contributed by atoms with van der Waals surface area (Å²) in [7, 11) is 0. The minimum Gasteiger partial charge on any atom is -0.358 e. The van der Waals surface area contributed by atoms with E-state index < -0.39 is 0 Å². The molecule has 0 spiro atoms. The molecule has 0 saturated heterocycles. The number of ketones is 1. The van der Waals surface area contributed by atoms with E-state index >= 15 is 0 Å². The largest absolute Gasteiger partial charge is 0.358 e. The van der Waals surface area contributed by atoms with Gasteiger partial charge in [0.2, 0.25) is 0 Å². The molecule has 3 rings (SSSR count). The van der Waals surface area contributed by atoms with Gasteiger partial charge in [-0.2, -0.15) is 0 Å². The number of thioether (sulfide) groups is 1. The SMILES string of the molecule is C=C(Nc1cccc(Br)c1)C1Sc2ccccc2C1=O. The van der Waals surface area contributed by atoms with Gasteiger partial charge in [0.15, 0.2) is 5.78 Å².